The largest absolute Gasteiger partial charge is 0.496 e. The Bertz CT molecular complexity index is 606. The standard InChI is InChI=1S/C14H19N5O2/c1-4-21-14-17-12(15)16-13(18-14)19(2)9-10-7-5-6-8-11(10)20-3/h5-8H,4,9H2,1-3H3,(H2,15,16,17,18). The number of nitrogens with two attached hydrogens (primary N) is 1. The fourth-order valence-corrected chi connectivity index (χ4v) is 1.89. The maximum absolute atomic E-state index is 5.68. The van der Waals surface area contributed by atoms with Gasteiger partial charge in [0, 0.05) is 19.2 Å². The van der Waals surface area contributed by atoms with Gasteiger partial charge < -0.3 is 20.1 Å². The van der Waals surface area contributed by atoms with E-state index in [-0.39, 0.29) is 12.0 Å². The third-order valence-corrected chi connectivity index (χ3v) is 2.84. The molecule has 0 spiro atoms. The Kier molecular flexibility index (Phi) is 4.76. The predicted molar refractivity (Wildman–Crippen MR) is 80.5 cm³/mol. The van der Waals surface area contributed by atoms with E-state index < -0.39 is 0 Å². The van der Waals surface area contributed by atoms with E-state index >= 15 is 0 Å². The van der Waals surface area contributed by atoms with Crippen LogP contribution in [0.25, 0.3) is 0 Å². The minimum absolute atomic E-state index is 0.135. The lowest BCUT2D eigenvalue weighted by Crippen LogP contribution is -2.21. The average molecular weight is 289 g/mol. The van der Waals surface area contributed by atoms with Crippen LogP contribution in [0.3, 0.4) is 0 Å². The molecule has 2 N–H and O–H groups in total. The zero-order valence-corrected chi connectivity index (χ0v) is 12.4. The first kappa shape index (κ1) is 14.8. The topological polar surface area (TPSA) is 86.4 Å². The van der Waals surface area contributed by atoms with E-state index in [0.717, 1.165) is 11.3 Å². The van der Waals surface area contributed by atoms with Crippen LogP contribution in [0, 0.1) is 0 Å². The van der Waals surface area contributed by atoms with Gasteiger partial charge in [0.15, 0.2) is 0 Å². The molecule has 0 radical (unpaired) electrons. The molecule has 2 aromatic rings. The van der Waals surface area contributed by atoms with Crippen LogP contribution >= 0.6 is 0 Å². The highest BCUT2D eigenvalue weighted by Gasteiger charge is 2.12. The predicted octanol–water partition coefficient (Wildman–Crippen LogP) is 1.50. The van der Waals surface area contributed by atoms with Gasteiger partial charge in [-0.05, 0) is 13.0 Å². The van der Waals surface area contributed by atoms with E-state index in [1.807, 2.05) is 43.1 Å². The molecule has 0 saturated heterocycles. The van der Waals surface area contributed by atoms with Gasteiger partial charge in [-0.2, -0.15) is 15.0 Å². The SMILES string of the molecule is CCOc1nc(N)nc(N(C)Cc2ccccc2OC)n1. The van der Waals surface area contributed by atoms with Crippen molar-refractivity contribution in [1.82, 2.24) is 15.0 Å². The molecule has 0 fully saturated rings. The number of benzene rings is 1. The first-order valence-corrected chi connectivity index (χ1v) is 6.61. The minimum atomic E-state index is 0.135. The lowest BCUT2D eigenvalue weighted by molar-refractivity contribution is 0.312. The molecule has 1 aromatic heterocycles. The van der Waals surface area contributed by atoms with Crippen LogP contribution in [0.1, 0.15) is 12.5 Å². The molecule has 0 aliphatic carbocycles. The summed E-state index contributed by atoms with van der Waals surface area (Å²) in [7, 11) is 3.52. The van der Waals surface area contributed by atoms with E-state index in [1.54, 1.807) is 7.11 Å². The Labute approximate surface area is 123 Å². The highest BCUT2D eigenvalue weighted by molar-refractivity contribution is 5.40. The number of methoxy groups -OCH3 is 1. The first-order valence-electron chi connectivity index (χ1n) is 6.61. The fourth-order valence-electron chi connectivity index (χ4n) is 1.89. The molecule has 1 heterocycles. The Morgan fingerprint density at radius 1 is 1.19 bits per heavy atom. The zero-order chi connectivity index (χ0) is 15.2. The van der Waals surface area contributed by atoms with Crippen molar-refractivity contribution < 1.29 is 9.47 Å². The summed E-state index contributed by atoms with van der Waals surface area (Å²) in [5.74, 6) is 1.41. The summed E-state index contributed by atoms with van der Waals surface area (Å²) in [6.07, 6.45) is 0. The molecule has 1 aromatic carbocycles. The summed E-state index contributed by atoms with van der Waals surface area (Å²) in [6, 6.07) is 8.02. The van der Waals surface area contributed by atoms with Crippen LogP contribution < -0.4 is 20.1 Å². The van der Waals surface area contributed by atoms with E-state index in [4.69, 9.17) is 15.2 Å². The van der Waals surface area contributed by atoms with Gasteiger partial charge in [-0.15, -0.1) is 0 Å². The molecule has 112 valence electrons. The van der Waals surface area contributed by atoms with Gasteiger partial charge >= 0.3 is 6.01 Å². The Morgan fingerprint density at radius 3 is 2.67 bits per heavy atom. The first-order chi connectivity index (χ1) is 10.1. The average Bonchev–Trinajstić information content (AvgIpc) is 2.47. The van der Waals surface area contributed by atoms with Gasteiger partial charge in [0.1, 0.15) is 5.75 Å². The monoisotopic (exact) mass is 289 g/mol. The Hall–Kier alpha value is -2.57. The van der Waals surface area contributed by atoms with Crippen LogP contribution in [0.15, 0.2) is 24.3 Å². The van der Waals surface area contributed by atoms with Gasteiger partial charge in [-0.25, -0.2) is 0 Å². The number of hydrogen-bond donors (Lipinski definition) is 1. The highest BCUT2D eigenvalue weighted by Crippen LogP contribution is 2.21. The van der Waals surface area contributed by atoms with Crippen molar-refractivity contribution in [2.24, 2.45) is 0 Å². The number of ether oxygens (including phenoxy) is 2. The quantitative estimate of drug-likeness (QED) is 0.862. The van der Waals surface area contributed by atoms with Crippen LogP contribution in [-0.2, 0) is 6.54 Å². The fraction of sp³-hybridized carbons (Fsp3) is 0.357. The van der Waals surface area contributed by atoms with Gasteiger partial charge in [0.2, 0.25) is 11.9 Å². The molecule has 0 aliphatic rings. The van der Waals surface area contributed by atoms with Gasteiger partial charge in [0.25, 0.3) is 0 Å². The summed E-state index contributed by atoms with van der Waals surface area (Å²) >= 11 is 0. The molecular weight excluding hydrogens is 270 g/mol. The highest BCUT2D eigenvalue weighted by atomic mass is 16.5. The molecule has 2 rings (SSSR count). The molecule has 7 nitrogen and oxygen atoms in total. The van der Waals surface area contributed by atoms with Crippen molar-refractivity contribution in [3.05, 3.63) is 29.8 Å². The van der Waals surface area contributed by atoms with Gasteiger partial charge in [0.05, 0.1) is 13.7 Å². The van der Waals surface area contributed by atoms with E-state index in [9.17, 15) is 0 Å². The van der Waals surface area contributed by atoms with Gasteiger partial charge in [-0.1, -0.05) is 18.2 Å². The molecule has 0 amide bonds. The summed E-state index contributed by atoms with van der Waals surface area (Å²) in [4.78, 5) is 14.2. The normalized spacial score (nSPS) is 10.2. The molecule has 0 atom stereocenters. The summed E-state index contributed by atoms with van der Waals surface area (Å²) in [6.45, 7) is 2.91. The van der Waals surface area contributed by atoms with E-state index in [0.29, 0.717) is 19.1 Å². The van der Waals surface area contributed by atoms with Gasteiger partial charge in [-0.3, -0.25) is 0 Å². The van der Waals surface area contributed by atoms with Crippen LogP contribution in [0.4, 0.5) is 11.9 Å². The molecule has 21 heavy (non-hydrogen) atoms. The molecule has 7 heteroatoms. The van der Waals surface area contributed by atoms with Crippen molar-refractivity contribution in [2.75, 3.05) is 31.4 Å². The zero-order valence-electron chi connectivity index (χ0n) is 12.4. The van der Waals surface area contributed by atoms with Crippen molar-refractivity contribution >= 4 is 11.9 Å². The summed E-state index contributed by atoms with van der Waals surface area (Å²) in [5.41, 5.74) is 6.71. The van der Waals surface area contributed by atoms with Crippen LogP contribution in [-0.4, -0.2) is 35.7 Å². The third-order valence-electron chi connectivity index (χ3n) is 2.84. The second-order valence-corrected chi connectivity index (χ2v) is 4.38. The number of nitrogens with zero attached hydrogens (tertiary/aromatic N) is 4. The number of para-hydroxylation sites is 1. The molecule has 0 aliphatic heterocycles. The number of hydrogen-bond acceptors (Lipinski definition) is 7. The molecule has 0 bridgehead atoms. The second kappa shape index (κ2) is 6.74. The molecular formula is C14H19N5O2. The maximum atomic E-state index is 5.68. The number of rotatable bonds is 6. The number of nitrogen functional groups attached to an aromatic ring is 1. The summed E-state index contributed by atoms with van der Waals surface area (Å²) < 4.78 is 10.6. The summed E-state index contributed by atoms with van der Waals surface area (Å²) in [5, 5.41) is 0. The Balaban J connectivity index is 2.21. The smallest absolute Gasteiger partial charge is 0.323 e. The third kappa shape index (κ3) is 3.71. The van der Waals surface area contributed by atoms with E-state index in [1.165, 1.54) is 0 Å². The van der Waals surface area contributed by atoms with Crippen molar-refractivity contribution in [1.29, 1.82) is 0 Å². The van der Waals surface area contributed by atoms with Crippen LogP contribution in [0.5, 0.6) is 11.8 Å². The number of aromatic nitrogens is 3. The van der Waals surface area contributed by atoms with Crippen molar-refractivity contribution in [3.8, 4) is 11.8 Å². The molecule has 0 saturated carbocycles. The minimum Gasteiger partial charge on any atom is -0.496 e. The lowest BCUT2D eigenvalue weighted by Gasteiger charge is -2.19. The molecule has 0 unspecified atom stereocenters. The maximum Gasteiger partial charge on any atom is 0.323 e. The van der Waals surface area contributed by atoms with Crippen molar-refractivity contribution in [2.45, 2.75) is 13.5 Å². The number of anilines is 2. The lowest BCUT2D eigenvalue weighted by atomic mass is 10.2. The second-order valence-electron chi connectivity index (χ2n) is 4.38. The van der Waals surface area contributed by atoms with Crippen molar-refractivity contribution in [3.63, 3.8) is 0 Å². The van der Waals surface area contributed by atoms with E-state index in [2.05, 4.69) is 15.0 Å². The Morgan fingerprint density at radius 2 is 1.95 bits per heavy atom. The van der Waals surface area contributed by atoms with Crippen LogP contribution in [0.2, 0.25) is 0 Å².